The molecular formula is C12H10F5N3O3. The highest BCUT2D eigenvalue weighted by Crippen LogP contribution is 2.26. The molecule has 6 nitrogen and oxygen atoms in total. The lowest BCUT2D eigenvalue weighted by Crippen LogP contribution is -2.50. The van der Waals surface area contributed by atoms with Gasteiger partial charge in [-0.15, -0.1) is 5.10 Å². The Bertz CT molecular complexity index is 712. The number of hydrogen-bond acceptors (Lipinski definition) is 4. The number of benzene rings is 1. The zero-order valence-corrected chi connectivity index (χ0v) is 11.2. The van der Waals surface area contributed by atoms with E-state index in [1.54, 1.807) is 0 Å². The van der Waals surface area contributed by atoms with Crippen molar-refractivity contribution < 1.29 is 36.6 Å². The number of carbonyl (C=O) groups is 1. The SMILES string of the molecule is Fc1cc2c(F)n[nH]c2cc1OC1CNC1.O=C(O)C(F)(F)F. The second-order valence-corrected chi connectivity index (χ2v) is 4.54. The summed E-state index contributed by atoms with van der Waals surface area (Å²) in [5, 5.41) is 16.1. The van der Waals surface area contributed by atoms with Gasteiger partial charge in [-0.2, -0.15) is 17.6 Å². The third-order valence-corrected chi connectivity index (χ3v) is 2.85. The van der Waals surface area contributed by atoms with Gasteiger partial charge >= 0.3 is 12.1 Å². The third-order valence-electron chi connectivity index (χ3n) is 2.85. The van der Waals surface area contributed by atoms with Gasteiger partial charge in [-0.05, 0) is 6.07 Å². The van der Waals surface area contributed by atoms with E-state index in [2.05, 4.69) is 15.5 Å². The number of aromatic amines is 1. The number of hydrogen-bond donors (Lipinski definition) is 3. The van der Waals surface area contributed by atoms with E-state index in [1.807, 2.05) is 0 Å². The molecule has 0 atom stereocenters. The highest BCUT2D eigenvalue weighted by Gasteiger charge is 2.38. The van der Waals surface area contributed by atoms with Crippen LogP contribution >= 0.6 is 0 Å². The van der Waals surface area contributed by atoms with Crippen molar-refractivity contribution in [1.29, 1.82) is 0 Å². The minimum Gasteiger partial charge on any atom is -0.485 e. The van der Waals surface area contributed by atoms with Crippen molar-refractivity contribution in [2.45, 2.75) is 12.3 Å². The molecule has 0 radical (unpaired) electrons. The van der Waals surface area contributed by atoms with Crippen LogP contribution in [-0.2, 0) is 4.79 Å². The molecule has 0 saturated carbocycles. The molecule has 11 heteroatoms. The molecule has 1 aliphatic heterocycles. The molecule has 1 saturated heterocycles. The highest BCUT2D eigenvalue weighted by molar-refractivity contribution is 5.80. The summed E-state index contributed by atoms with van der Waals surface area (Å²) in [4.78, 5) is 8.90. The van der Waals surface area contributed by atoms with Gasteiger partial charge in [0.1, 0.15) is 6.10 Å². The Hall–Kier alpha value is -2.43. The van der Waals surface area contributed by atoms with Gasteiger partial charge in [0.05, 0.1) is 10.9 Å². The van der Waals surface area contributed by atoms with Crippen molar-refractivity contribution in [2.75, 3.05) is 13.1 Å². The summed E-state index contributed by atoms with van der Waals surface area (Å²) >= 11 is 0. The summed E-state index contributed by atoms with van der Waals surface area (Å²) in [6.07, 6.45) is -5.10. The van der Waals surface area contributed by atoms with E-state index in [1.165, 1.54) is 6.07 Å². The predicted octanol–water partition coefficient (Wildman–Crippen LogP) is 1.82. The lowest BCUT2D eigenvalue weighted by atomic mass is 10.2. The molecule has 2 aromatic rings. The Morgan fingerprint density at radius 2 is 1.91 bits per heavy atom. The summed E-state index contributed by atoms with van der Waals surface area (Å²) in [7, 11) is 0. The third kappa shape index (κ3) is 4.06. The second kappa shape index (κ2) is 6.36. The second-order valence-electron chi connectivity index (χ2n) is 4.54. The maximum atomic E-state index is 13.5. The predicted molar refractivity (Wildman–Crippen MR) is 67.0 cm³/mol. The molecule has 3 rings (SSSR count). The first kappa shape index (κ1) is 16.9. The summed E-state index contributed by atoms with van der Waals surface area (Å²) < 4.78 is 63.7. The minimum absolute atomic E-state index is 0.0141. The van der Waals surface area contributed by atoms with Crippen LogP contribution in [0.15, 0.2) is 12.1 Å². The number of nitrogens with zero attached hydrogens (tertiary/aromatic N) is 1. The normalized spacial score (nSPS) is 14.8. The number of aromatic nitrogens is 2. The van der Waals surface area contributed by atoms with Crippen LogP contribution in [0.4, 0.5) is 22.0 Å². The molecule has 0 bridgehead atoms. The fourth-order valence-corrected chi connectivity index (χ4v) is 1.60. The van der Waals surface area contributed by atoms with Crippen molar-refractivity contribution in [3.8, 4) is 5.75 Å². The first-order chi connectivity index (χ1) is 10.7. The summed E-state index contributed by atoms with van der Waals surface area (Å²) in [6, 6.07) is 2.52. The van der Waals surface area contributed by atoms with Crippen molar-refractivity contribution in [2.24, 2.45) is 0 Å². The lowest BCUT2D eigenvalue weighted by molar-refractivity contribution is -0.192. The zero-order chi connectivity index (χ0) is 17.2. The van der Waals surface area contributed by atoms with E-state index in [4.69, 9.17) is 14.6 Å². The Morgan fingerprint density at radius 3 is 2.39 bits per heavy atom. The number of fused-ring (bicyclic) bond motifs is 1. The Morgan fingerprint density at radius 1 is 1.30 bits per heavy atom. The van der Waals surface area contributed by atoms with Gasteiger partial charge in [-0.25, -0.2) is 9.18 Å². The Balaban J connectivity index is 0.000000236. The summed E-state index contributed by atoms with van der Waals surface area (Å²) in [5.74, 6) is -3.90. The number of halogens is 5. The van der Waals surface area contributed by atoms with Gasteiger partial charge in [0.2, 0.25) is 5.95 Å². The van der Waals surface area contributed by atoms with Crippen molar-refractivity contribution >= 4 is 16.9 Å². The molecule has 1 aromatic carbocycles. The summed E-state index contributed by atoms with van der Waals surface area (Å²) in [5.41, 5.74) is 0.432. The quantitative estimate of drug-likeness (QED) is 0.727. The number of ether oxygens (including phenoxy) is 1. The van der Waals surface area contributed by atoms with E-state index in [9.17, 15) is 22.0 Å². The molecule has 0 spiro atoms. The number of rotatable bonds is 2. The molecule has 2 heterocycles. The topological polar surface area (TPSA) is 87.2 Å². The number of nitrogens with one attached hydrogen (secondary N) is 2. The largest absolute Gasteiger partial charge is 0.490 e. The van der Waals surface area contributed by atoms with Crippen LogP contribution in [0, 0.1) is 11.8 Å². The van der Waals surface area contributed by atoms with Crippen LogP contribution in [0.25, 0.3) is 10.9 Å². The van der Waals surface area contributed by atoms with E-state index in [0.29, 0.717) is 18.6 Å². The highest BCUT2D eigenvalue weighted by atomic mass is 19.4. The molecule has 0 aliphatic carbocycles. The molecule has 0 unspecified atom stereocenters. The molecule has 3 N–H and O–H groups in total. The zero-order valence-electron chi connectivity index (χ0n) is 11.2. The monoisotopic (exact) mass is 339 g/mol. The van der Waals surface area contributed by atoms with E-state index < -0.39 is 23.9 Å². The standard InChI is InChI=1S/C10H9F2N3O.C2HF3O2/c11-7-1-6-8(14-15-10(6)12)2-9(7)16-5-3-13-4-5;3-2(4,5)1(6)7/h1-2,5,13H,3-4H2,(H,14,15);(H,6,7). The molecule has 1 fully saturated rings. The van der Waals surface area contributed by atoms with Gasteiger partial charge < -0.3 is 15.2 Å². The van der Waals surface area contributed by atoms with Crippen LogP contribution in [0.1, 0.15) is 0 Å². The van der Waals surface area contributed by atoms with Crippen LogP contribution < -0.4 is 10.1 Å². The van der Waals surface area contributed by atoms with Gasteiger partial charge in [-0.1, -0.05) is 0 Å². The Labute approximate surface area is 125 Å². The fraction of sp³-hybridized carbons (Fsp3) is 0.333. The molecule has 126 valence electrons. The van der Waals surface area contributed by atoms with E-state index in [0.717, 1.165) is 6.07 Å². The van der Waals surface area contributed by atoms with Crippen molar-refractivity contribution in [3.63, 3.8) is 0 Å². The molecule has 1 aromatic heterocycles. The number of carboxylic acid groups (broad SMARTS) is 1. The first-order valence-corrected chi connectivity index (χ1v) is 6.19. The maximum absolute atomic E-state index is 13.5. The van der Waals surface area contributed by atoms with Crippen LogP contribution in [0.2, 0.25) is 0 Å². The van der Waals surface area contributed by atoms with Gasteiger partial charge in [0, 0.05) is 19.2 Å². The fourth-order valence-electron chi connectivity index (χ4n) is 1.60. The average Bonchev–Trinajstić information content (AvgIpc) is 2.75. The average molecular weight is 339 g/mol. The number of H-pyrrole nitrogens is 1. The maximum Gasteiger partial charge on any atom is 0.490 e. The van der Waals surface area contributed by atoms with Gasteiger partial charge in [0.25, 0.3) is 0 Å². The van der Waals surface area contributed by atoms with Gasteiger partial charge in [0.15, 0.2) is 11.6 Å². The molecule has 23 heavy (non-hydrogen) atoms. The molecule has 0 amide bonds. The number of aliphatic carboxylic acids is 1. The Kier molecular flexibility index (Phi) is 4.68. The van der Waals surface area contributed by atoms with Gasteiger partial charge in [-0.3, -0.25) is 5.10 Å². The lowest BCUT2D eigenvalue weighted by Gasteiger charge is -2.27. The van der Waals surface area contributed by atoms with Crippen LogP contribution in [0.3, 0.4) is 0 Å². The smallest absolute Gasteiger partial charge is 0.485 e. The van der Waals surface area contributed by atoms with E-state index in [-0.39, 0.29) is 17.2 Å². The number of carboxylic acids is 1. The van der Waals surface area contributed by atoms with Crippen LogP contribution in [0.5, 0.6) is 5.75 Å². The van der Waals surface area contributed by atoms with Crippen molar-refractivity contribution in [3.05, 3.63) is 23.9 Å². The van der Waals surface area contributed by atoms with Crippen molar-refractivity contribution in [1.82, 2.24) is 15.5 Å². The first-order valence-electron chi connectivity index (χ1n) is 6.19. The van der Waals surface area contributed by atoms with Crippen LogP contribution in [-0.4, -0.2) is 46.6 Å². The molecular weight excluding hydrogens is 329 g/mol. The summed E-state index contributed by atoms with van der Waals surface area (Å²) in [6.45, 7) is 1.41. The number of alkyl halides is 3. The molecule has 1 aliphatic rings. The minimum atomic E-state index is -5.08. The van der Waals surface area contributed by atoms with E-state index >= 15 is 0 Å².